The summed E-state index contributed by atoms with van der Waals surface area (Å²) in [6, 6.07) is 0. The molecule has 1 aliphatic heterocycles. The highest BCUT2D eigenvalue weighted by Crippen LogP contribution is 2.63. The highest BCUT2D eigenvalue weighted by Gasteiger charge is 2.62. The lowest BCUT2D eigenvalue weighted by atomic mass is 9.45. The molecule has 10 heteroatoms. The maximum atomic E-state index is 13.6. The summed E-state index contributed by atoms with van der Waals surface area (Å²) in [6.45, 7) is 4.70. The number of carbonyl (C=O) groups is 2. The van der Waals surface area contributed by atoms with Gasteiger partial charge < -0.3 is 40.1 Å². The average Bonchev–Trinajstić information content (AvgIpc) is 2.82. The lowest BCUT2D eigenvalue weighted by Crippen LogP contribution is -2.61. The van der Waals surface area contributed by atoms with Crippen LogP contribution in [0, 0.1) is 28.1 Å². The Labute approximate surface area is 210 Å². The van der Waals surface area contributed by atoms with Gasteiger partial charge in [-0.15, -0.1) is 0 Å². The zero-order valence-corrected chi connectivity index (χ0v) is 21.2. The first-order valence-corrected chi connectivity index (χ1v) is 12.8. The van der Waals surface area contributed by atoms with Gasteiger partial charge in [-0.2, -0.15) is 0 Å². The molecule has 2 saturated carbocycles. The number of esters is 1. The summed E-state index contributed by atoms with van der Waals surface area (Å²) >= 11 is 0. The van der Waals surface area contributed by atoms with Crippen molar-refractivity contribution in [2.75, 3.05) is 13.2 Å². The molecule has 4 aliphatic rings. The van der Waals surface area contributed by atoms with Crippen molar-refractivity contribution in [2.45, 2.75) is 96.1 Å². The predicted molar refractivity (Wildman–Crippen MR) is 125 cm³/mol. The molecule has 0 radical (unpaired) electrons. The summed E-state index contributed by atoms with van der Waals surface area (Å²) in [5.74, 6) is -0.944. The summed E-state index contributed by atoms with van der Waals surface area (Å²) in [6.07, 6.45) is -3.59. The van der Waals surface area contributed by atoms with E-state index in [1.807, 2.05) is 13.8 Å². The Morgan fingerprint density at radius 1 is 1.11 bits per heavy atom. The molecule has 10 nitrogen and oxygen atoms in total. The fourth-order valence-corrected chi connectivity index (χ4v) is 7.52. The molecular formula is C26H40O10. The standard InChI is InChI=1S/C26H40O10/c1-24(18(30)12-28)7-6-15-13(8-24)4-5-17-25(15,2)9-14(29)10-26(17,3)23(34)36-22-21(33)20(32)19(31)16(11-27)35-22/h8,15-22,27-28,30-33H,4-7,9-12H2,1-3H3. The molecule has 204 valence electrons. The number of ketones is 1. The van der Waals surface area contributed by atoms with Crippen LogP contribution in [-0.2, 0) is 19.1 Å². The summed E-state index contributed by atoms with van der Waals surface area (Å²) in [5, 5.41) is 59.8. The van der Waals surface area contributed by atoms with Crippen LogP contribution in [0.3, 0.4) is 0 Å². The van der Waals surface area contributed by atoms with Crippen molar-refractivity contribution in [1.29, 1.82) is 0 Å². The van der Waals surface area contributed by atoms with E-state index < -0.39 is 65.6 Å². The molecule has 6 N–H and O–H groups in total. The van der Waals surface area contributed by atoms with Gasteiger partial charge >= 0.3 is 5.97 Å². The van der Waals surface area contributed by atoms with Crippen molar-refractivity contribution in [1.82, 2.24) is 0 Å². The Morgan fingerprint density at radius 2 is 1.81 bits per heavy atom. The zero-order chi connectivity index (χ0) is 26.6. The molecule has 4 rings (SSSR count). The van der Waals surface area contributed by atoms with Crippen LogP contribution >= 0.6 is 0 Å². The summed E-state index contributed by atoms with van der Waals surface area (Å²) in [7, 11) is 0. The van der Waals surface area contributed by atoms with E-state index in [2.05, 4.69) is 6.08 Å². The first-order chi connectivity index (χ1) is 16.8. The molecule has 3 aliphatic carbocycles. The van der Waals surface area contributed by atoms with Gasteiger partial charge in [0, 0.05) is 18.3 Å². The Bertz CT molecular complexity index is 903. The van der Waals surface area contributed by atoms with E-state index >= 15 is 0 Å². The number of aliphatic hydroxyl groups excluding tert-OH is 6. The quantitative estimate of drug-likeness (QED) is 0.214. The molecule has 11 atom stereocenters. The molecule has 11 unspecified atom stereocenters. The number of allylic oxidation sites excluding steroid dienone is 1. The van der Waals surface area contributed by atoms with Crippen LogP contribution in [0.5, 0.6) is 0 Å². The number of hydrogen-bond acceptors (Lipinski definition) is 10. The van der Waals surface area contributed by atoms with Gasteiger partial charge in [-0.1, -0.05) is 25.5 Å². The molecule has 0 spiro atoms. The number of carbonyl (C=O) groups excluding carboxylic acids is 2. The molecule has 0 aromatic heterocycles. The van der Waals surface area contributed by atoms with Gasteiger partial charge in [-0.3, -0.25) is 9.59 Å². The monoisotopic (exact) mass is 512 g/mol. The molecule has 3 fully saturated rings. The van der Waals surface area contributed by atoms with E-state index in [1.54, 1.807) is 6.92 Å². The van der Waals surface area contributed by atoms with Crippen LogP contribution in [0.15, 0.2) is 11.6 Å². The summed E-state index contributed by atoms with van der Waals surface area (Å²) < 4.78 is 10.9. The number of hydrogen-bond donors (Lipinski definition) is 6. The second-order valence-corrected chi connectivity index (χ2v) is 12.0. The van der Waals surface area contributed by atoms with E-state index in [0.29, 0.717) is 25.7 Å². The largest absolute Gasteiger partial charge is 0.432 e. The first-order valence-electron chi connectivity index (χ1n) is 12.8. The van der Waals surface area contributed by atoms with Crippen molar-refractivity contribution >= 4 is 11.8 Å². The minimum absolute atomic E-state index is 0.0176. The normalized spacial score (nSPS) is 47.9. The number of fused-ring (bicyclic) bond motifs is 3. The Kier molecular flexibility index (Phi) is 7.46. The van der Waals surface area contributed by atoms with Gasteiger partial charge in [0.05, 0.1) is 24.7 Å². The maximum Gasteiger partial charge on any atom is 0.314 e. The van der Waals surface area contributed by atoms with E-state index in [0.717, 1.165) is 12.0 Å². The molecule has 0 aromatic carbocycles. The molecule has 36 heavy (non-hydrogen) atoms. The third-order valence-corrected chi connectivity index (χ3v) is 9.63. The van der Waals surface area contributed by atoms with E-state index in [9.17, 15) is 40.2 Å². The fourth-order valence-electron chi connectivity index (χ4n) is 7.52. The molecule has 1 heterocycles. The molecule has 1 saturated heterocycles. The van der Waals surface area contributed by atoms with Gasteiger partial charge in [0.1, 0.15) is 30.2 Å². The topological polar surface area (TPSA) is 174 Å². The van der Waals surface area contributed by atoms with Crippen molar-refractivity contribution in [3.05, 3.63) is 11.6 Å². The van der Waals surface area contributed by atoms with E-state index in [1.165, 1.54) is 0 Å². The lowest BCUT2D eigenvalue weighted by Gasteiger charge is -2.59. The first kappa shape index (κ1) is 27.6. The van der Waals surface area contributed by atoms with E-state index in [4.69, 9.17) is 9.47 Å². The van der Waals surface area contributed by atoms with E-state index in [-0.39, 0.29) is 30.6 Å². The predicted octanol–water partition coefficient (Wildman–Crippen LogP) is -0.189. The Balaban J connectivity index is 1.60. The highest BCUT2D eigenvalue weighted by atomic mass is 16.7. The smallest absolute Gasteiger partial charge is 0.314 e. The van der Waals surface area contributed by atoms with Gasteiger partial charge in [0.25, 0.3) is 0 Å². The average molecular weight is 513 g/mol. The van der Waals surface area contributed by atoms with Crippen molar-refractivity contribution in [3.8, 4) is 0 Å². The number of rotatable bonds is 5. The SMILES string of the molecule is CC1(C(O)CO)C=C2CCC3C(C)(C(=O)OC4OC(CO)C(O)C(O)C4O)CC(=O)CC3(C)C2CC1. The van der Waals surface area contributed by atoms with Crippen LogP contribution < -0.4 is 0 Å². The van der Waals surface area contributed by atoms with Crippen LogP contribution in [0.25, 0.3) is 0 Å². The lowest BCUT2D eigenvalue weighted by molar-refractivity contribution is -0.297. The van der Waals surface area contributed by atoms with Gasteiger partial charge in [0.2, 0.25) is 6.29 Å². The maximum absolute atomic E-state index is 13.6. The van der Waals surface area contributed by atoms with Gasteiger partial charge in [-0.05, 0) is 49.9 Å². The van der Waals surface area contributed by atoms with Gasteiger partial charge in [-0.25, -0.2) is 0 Å². The summed E-state index contributed by atoms with van der Waals surface area (Å²) in [4.78, 5) is 26.7. The fraction of sp³-hybridized carbons (Fsp3) is 0.846. The number of ether oxygens (including phenoxy) is 2. The van der Waals surface area contributed by atoms with Crippen molar-refractivity contribution < 1.29 is 49.7 Å². The minimum atomic E-state index is -1.71. The Morgan fingerprint density at radius 3 is 2.44 bits per heavy atom. The van der Waals surface area contributed by atoms with Gasteiger partial charge in [0.15, 0.2) is 0 Å². The number of aliphatic hydroxyl groups is 6. The molecule has 0 bridgehead atoms. The number of Topliss-reactive ketones (excluding diaryl/α,β-unsaturated/α-hetero) is 1. The molecule has 0 amide bonds. The summed E-state index contributed by atoms with van der Waals surface area (Å²) in [5.41, 5.74) is -1.11. The van der Waals surface area contributed by atoms with Crippen molar-refractivity contribution in [3.63, 3.8) is 0 Å². The van der Waals surface area contributed by atoms with Crippen molar-refractivity contribution in [2.24, 2.45) is 28.1 Å². The van der Waals surface area contributed by atoms with Crippen LogP contribution in [0.4, 0.5) is 0 Å². The highest BCUT2D eigenvalue weighted by molar-refractivity contribution is 5.89. The zero-order valence-electron chi connectivity index (χ0n) is 21.2. The molecular weight excluding hydrogens is 472 g/mol. The Hall–Kier alpha value is -1.40. The minimum Gasteiger partial charge on any atom is -0.432 e. The third-order valence-electron chi connectivity index (χ3n) is 9.63. The van der Waals surface area contributed by atoms with Crippen LogP contribution in [0.1, 0.15) is 59.3 Å². The third kappa shape index (κ3) is 4.34. The molecule has 0 aromatic rings. The second kappa shape index (κ2) is 9.72. The van der Waals surface area contributed by atoms with Crippen LogP contribution in [-0.4, -0.2) is 92.4 Å². The second-order valence-electron chi connectivity index (χ2n) is 12.0. The van der Waals surface area contributed by atoms with Crippen LogP contribution in [0.2, 0.25) is 0 Å².